The largest absolute Gasteiger partial charge is 0.369 e. The van der Waals surface area contributed by atoms with Gasteiger partial charge in [-0.25, -0.2) is 9.97 Å². The molecule has 3 N–H and O–H groups in total. The van der Waals surface area contributed by atoms with Crippen molar-refractivity contribution in [2.75, 3.05) is 18.4 Å². The first-order valence-electron chi connectivity index (χ1n) is 9.68. The Morgan fingerprint density at radius 1 is 1.07 bits per heavy atom. The molecular weight excluding hydrogens is 348 g/mol. The highest BCUT2D eigenvalue weighted by molar-refractivity contribution is 5.83. The topological polar surface area (TPSA) is 78.5 Å². The first-order valence-corrected chi connectivity index (χ1v) is 9.68. The Balaban J connectivity index is 1.40. The maximum Gasteiger partial charge on any atom is 0.163 e. The van der Waals surface area contributed by atoms with Crippen LogP contribution in [0.2, 0.25) is 0 Å². The third-order valence-electron chi connectivity index (χ3n) is 5.22. The molecule has 1 aliphatic rings. The predicted octanol–water partition coefficient (Wildman–Crippen LogP) is 3.32. The summed E-state index contributed by atoms with van der Waals surface area (Å²) in [4.78, 5) is 17.2. The van der Waals surface area contributed by atoms with E-state index in [0.717, 1.165) is 55.4 Å². The Labute approximate surface area is 163 Å². The van der Waals surface area contributed by atoms with Gasteiger partial charge in [0.2, 0.25) is 0 Å². The van der Waals surface area contributed by atoms with Crippen LogP contribution in [0.3, 0.4) is 0 Å². The molecule has 28 heavy (non-hydrogen) atoms. The van der Waals surface area contributed by atoms with E-state index in [1.54, 1.807) is 6.20 Å². The van der Waals surface area contributed by atoms with Crippen molar-refractivity contribution in [2.24, 2.45) is 0 Å². The lowest BCUT2D eigenvalue weighted by Crippen LogP contribution is -2.27. The number of hydrogen-bond donors (Lipinski definition) is 3. The molecule has 0 spiro atoms. The maximum atomic E-state index is 4.84. The number of rotatable bonds is 5. The van der Waals surface area contributed by atoms with Crippen molar-refractivity contribution in [3.05, 3.63) is 71.8 Å². The number of hydrogen-bond acceptors (Lipinski definition) is 5. The molecule has 0 radical (unpaired) electrons. The molecule has 0 unspecified atom stereocenters. The van der Waals surface area contributed by atoms with Crippen LogP contribution >= 0.6 is 0 Å². The number of H-pyrrole nitrogens is 1. The van der Waals surface area contributed by atoms with Gasteiger partial charge in [-0.15, -0.1) is 0 Å². The third-order valence-corrected chi connectivity index (χ3v) is 5.22. The van der Waals surface area contributed by atoms with E-state index in [9.17, 15) is 0 Å². The lowest BCUT2D eigenvalue weighted by atomic mass is 10.1. The van der Waals surface area contributed by atoms with Crippen LogP contribution in [0.25, 0.3) is 22.3 Å². The van der Waals surface area contributed by atoms with Crippen LogP contribution in [0.15, 0.2) is 55.0 Å². The Bertz CT molecular complexity index is 1100. The van der Waals surface area contributed by atoms with Gasteiger partial charge in [0.25, 0.3) is 0 Å². The quantitative estimate of drug-likeness (QED) is 0.502. The smallest absolute Gasteiger partial charge is 0.163 e. The molecule has 1 aromatic carbocycles. The van der Waals surface area contributed by atoms with Gasteiger partial charge in [0.15, 0.2) is 5.82 Å². The van der Waals surface area contributed by atoms with Crippen molar-refractivity contribution >= 4 is 16.7 Å². The number of anilines is 1. The second-order valence-electron chi connectivity index (χ2n) is 7.03. The Hall–Kier alpha value is -3.25. The van der Waals surface area contributed by atoms with Crippen LogP contribution in [0.1, 0.15) is 16.8 Å². The molecule has 140 valence electrons. The summed E-state index contributed by atoms with van der Waals surface area (Å²) < 4.78 is 0. The molecule has 5 rings (SSSR count). The molecule has 0 amide bonds. The van der Waals surface area contributed by atoms with Crippen LogP contribution < -0.4 is 10.6 Å². The summed E-state index contributed by atoms with van der Waals surface area (Å²) in [5.74, 6) is 1.68. The molecular formula is C22H22N6. The van der Waals surface area contributed by atoms with Crippen LogP contribution in [0, 0.1) is 0 Å². The van der Waals surface area contributed by atoms with E-state index in [2.05, 4.69) is 51.1 Å². The molecule has 4 aromatic rings. The molecule has 0 saturated heterocycles. The van der Waals surface area contributed by atoms with Gasteiger partial charge >= 0.3 is 0 Å². The fourth-order valence-electron chi connectivity index (χ4n) is 3.78. The van der Waals surface area contributed by atoms with E-state index in [1.807, 2.05) is 18.3 Å². The van der Waals surface area contributed by atoms with Gasteiger partial charge in [-0.2, -0.15) is 0 Å². The average Bonchev–Trinajstić information content (AvgIpc) is 3.17. The summed E-state index contributed by atoms with van der Waals surface area (Å²) in [6.45, 7) is 2.56. The first-order chi connectivity index (χ1) is 13.9. The molecule has 0 bridgehead atoms. The first kappa shape index (κ1) is 16.9. The van der Waals surface area contributed by atoms with E-state index in [0.29, 0.717) is 0 Å². The van der Waals surface area contributed by atoms with Gasteiger partial charge < -0.3 is 15.6 Å². The summed E-state index contributed by atoms with van der Waals surface area (Å²) in [6.07, 6.45) is 7.56. The molecule has 0 fully saturated rings. The second kappa shape index (κ2) is 7.40. The lowest BCUT2D eigenvalue weighted by molar-refractivity contribution is 0.625. The van der Waals surface area contributed by atoms with Crippen molar-refractivity contribution < 1.29 is 0 Å². The SMILES string of the molecule is c1cncc(-c2nc3c(c(NCCc4c[nH]c5ccccc45)n2)CCNC3)c1. The van der Waals surface area contributed by atoms with E-state index >= 15 is 0 Å². The van der Waals surface area contributed by atoms with Crippen molar-refractivity contribution in [3.8, 4) is 11.4 Å². The zero-order valence-corrected chi connectivity index (χ0v) is 15.6. The van der Waals surface area contributed by atoms with Crippen LogP contribution in [-0.2, 0) is 19.4 Å². The third kappa shape index (κ3) is 3.23. The zero-order valence-electron chi connectivity index (χ0n) is 15.6. The van der Waals surface area contributed by atoms with Crippen molar-refractivity contribution in [2.45, 2.75) is 19.4 Å². The molecule has 0 saturated carbocycles. The Morgan fingerprint density at radius 2 is 2.04 bits per heavy atom. The Kier molecular flexibility index (Phi) is 4.47. The minimum Gasteiger partial charge on any atom is -0.369 e. The molecule has 1 aliphatic heterocycles. The van der Waals surface area contributed by atoms with Crippen molar-refractivity contribution in [3.63, 3.8) is 0 Å². The highest BCUT2D eigenvalue weighted by atomic mass is 15.1. The van der Waals surface area contributed by atoms with E-state index in [-0.39, 0.29) is 0 Å². The highest BCUT2D eigenvalue weighted by Gasteiger charge is 2.18. The predicted molar refractivity (Wildman–Crippen MR) is 111 cm³/mol. The fourth-order valence-corrected chi connectivity index (χ4v) is 3.78. The highest BCUT2D eigenvalue weighted by Crippen LogP contribution is 2.25. The van der Waals surface area contributed by atoms with Gasteiger partial charge in [0.1, 0.15) is 5.82 Å². The summed E-state index contributed by atoms with van der Waals surface area (Å²) >= 11 is 0. The van der Waals surface area contributed by atoms with Gasteiger partial charge in [0.05, 0.1) is 5.69 Å². The standard InChI is InChI=1S/C22H22N6/c1-2-6-19-17(5-1)15(13-26-19)7-11-25-22-18-8-10-24-14-20(18)27-21(28-22)16-4-3-9-23-12-16/h1-6,9,12-13,24,26H,7-8,10-11,14H2,(H,25,27,28). The summed E-state index contributed by atoms with van der Waals surface area (Å²) in [6, 6.07) is 12.3. The minimum atomic E-state index is 0.727. The van der Waals surface area contributed by atoms with Crippen LogP contribution in [0.5, 0.6) is 0 Å². The number of fused-ring (bicyclic) bond motifs is 2. The number of pyridine rings is 1. The van der Waals surface area contributed by atoms with E-state index in [1.165, 1.54) is 22.0 Å². The maximum absolute atomic E-state index is 4.84. The minimum absolute atomic E-state index is 0.727. The number of aromatic nitrogens is 4. The normalized spacial score (nSPS) is 13.4. The molecule has 4 heterocycles. The Morgan fingerprint density at radius 3 is 2.96 bits per heavy atom. The molecule has 0 aliphatic carbocycles. The second-order valence-corrected chi connectivity index (χ2v) is 7.03. The van der Waals surface area contributed by atoms with Gasteiger partial charge in [0, 0.05) is 53.7 Å². The van der Waals surface area contributed by atoms with Gasteiger partial charge in [-0.1, -0.05) is 18.2 Å². The summed E-state index contributed by atoms with van der Waals surface area (Å²) in [5, 5.41) is 8.27. The molecule has 0 atom stereocenters. The van der Waals surface area contributed by atoms with E-state index < -0.39 is 0 Å². The van der Waals surface area contributed by atoms with Crippen molar-refractivity contribution in [1.82, 2.24) is 25.3 Å². The van der Waals surface area contributed by atoms with Crippen LogP contribution in [-0.4, -0.2) is 33.0 Å². The summed E-state index contributed by atoms with van der Waals surface area (Å²) in [7, 11) is 0. The number of nitrogens with one attached hydrogen (secondary N) is 3. The van der Waals surface area contributed by atoms with E-state index in [4.69, 9.17) is 9.97 Å². The van der Waals surface area contributed by atoms with Gasteiger partial charge in [-0.3, -0.25) is 4.98 Å². The van der Waals surface area contributed by atoms with Gasteiger partial charge in [-0.05, 0) is 43.1 Å². The van der Waals surface area contributed by atoms with Crippen LogP contribution in [0.4, 0.5) is 5.82 Å². The monoisotopic (exact) mass is 370 g/mol. The fraction of sp³-hybridized carbons (Fsp3) is 0.227. The van der Waals surface area contributed by atoms with Crippen molar-refractivity contribution in [1.29, 1.82) is 0 Å². The number of benzene rings is 1. The molecule has 6 nitrogen and oxygen atoms in total. The number of nitrogens with zero attached hydrogens (tertiary/aromatic N) is 3. The average molecular weight is 370 g/mol. The zero-order chi connectivity index (χ0) is 18.8. The summed E-state index contributed by atoms with van der Waals surface area (Å²) in [5.41, 5.74) is 5.75. The number of para-hydroxylation sites is 1. The lowest BCUT2D eigenvalue weighted by Gasteiger charge is -2.20. The number of aromatic amines is 1. The molecule has 3 aromatic heterocycles. The molecule has 6 heteroatoms.